The summed E-state index contributed by atoms with van der Waals surface area (Å²) in [4.78, 5) is 0.280. The Labute approximate surface area is 133 Å². The topological polar surface area (TPSA) is 46.6 Å². The van der Waals surface area contributed by atoms with Crippen LogP contribution in [0.25, 0.3) is 0 Å². The Morgan fingerprint density at radius 1 is 1.29 bits per heavy atom. The predicted molar refractivity (Wildman–Crippen MR) is 86.3 cm³/mol. The van der Waals surface area contributed by atoms with Crippen LogP contribution < -0.4 is 0 Å². The van der Waals surface area contributed by atoms with E-state index in [0.29, 0.717) is 19.0 Å². The minimum absolute atomic E-state index is 0.0905. The van der Waals surface area contributed by atoms with E-state index in [2.05, 4.69) is 0 Å². The highest BCUT2D eigenvalue weighted by atomic mass is 35.5. The second-order valence-electron chi connectivity index (χ2n) is 5.16. The zero-order valence-electron chi connectivity index (χ0n) is 13.1. The smallest absolute Gasteiger partial charge is 0.242 e. The Hall–Kier alpha value is -0.620. The van der Waals surface area contributed by atoms with Crippen LogP contribution in [0.1, 0.15) is 31.9 Å². The van der Waals surface area contributed by atoms with Gasteiger partial charge in [0.05, 0.1) is 17.6 Å². The molecule has 4 nitrogen and oxygen atoms in total. The number of nitrogens with zero attached hydrogens (tertiary/aromatic N) is 1. The minimum Gasteiger partial charge on any atom is -0.377 e. The fourth-order valence-electron chi connectivity index (χ4n) is 1.95. The predicted octanol–water partition coefficient (Wildman–Crippen LogP) is 3.03. The quantitative estimate of drug-likeness (QED) is 0.687. The third-order valence-electron chi connectivity index (χ3n) is 3.27. The monoisotopic (exact) mass is 333 g/mol. The van der Waals surface area contributed by atoms with E-state index in [1.54, 1.807) is 19.2 Å². The van der Waals surface area contributed by atoms with Crippen molar-refractivity contribution >= 4 is 21.6 Å². The first-order valence-electron chi connectivity index (χ1n) is 7.08. The molecule has 0 amide bonds. The second kappa shape index (κ2) is 8.13. The maximum Gasteiger partial charge on any atom is 0.242 e. The standard InChI is InChI=1S/C15H24ClNO3S/c1-5-13-6-7-15(10-14(13)11-16)21(18,19)17(4)8-9-20-12(2)3/h6-7,10,12H,5,8-9,11H2,1-4H3. The number of aryl methyl sites for hydroxylation is 1. The molecule has 0 aliphatic carbocycles. The van der Waals surface area contributed by atoms with Gasteiger partial charge in [-0.2, -0.15) is 4.31 Å². The molecule has 6 heteroatoms. The Kier molecular flexibility index (Phi) is 7.13. The van der Waals surface area contributed by atoms with E-state index in [4.69, 9.17) is 16.3 Å². The molecule has 0 aliphatic rings. The zero-order chi connectivity index (χ0) is 16.0. The first kappa shape index (κ1) is 18.4. The van der Waals surface area contributed by atoms with Gasteiger partial charge in [0.15, 0.2) is 0 Å². The highest BCUT2D eigenvalue weighted by Crippen LogP contribution is 2.21. The lowest BCUT2D eigenvalue weighted by atomic mass is 10.1. The number of rotatable bonds is 8. The van der Waals surface area contributed by atoms with Gasteiger partial charge in [0, 0.05) is 19.5 Å². The molecule has 0 saturated carbocycles. The molecule has 0 saturated heterocycles. The summed E-state index contributed by atoms with van der Waals surface area (Å²) < 4.78 is 31.7. The molecule has 0 radical (unpaired) electrons. The largest absolute Gasteiger partial charge is 0.377 e. The van der Waals surface area contributed by atoms with Crippen molar-refractivity contribution in [3.63, 3.8) is 0 Å². The molecule has 0 fully saturated rings. The van der Waals surface area contributed by atoms with Crippen LogP contribution >= 0.6 is 11.6 Å². The molecule has 21 heavy (non-hydrogen) atoms. The van der Waals surface area contributed by atoms with Crippen LogP contribution in [0.15, 0.2) is 23.1 Å². The van der Waals surface area contributed by atoms with Crippen molar-refractivity contribution in [3.8, 4) is 0 Å². The molecule has 0 bridgehead atoms. The highest BCUT2D eigenvalue weighted by molar-refractivity contribution is 7.89. The van der Waals surface area contributed by atoms with E-state index in [9.17, 15) is 8.42 Å². The van der Waals surface area contributed by atoms with Crippen molar-refractivity contribution in [2.45, 2.75) is 44.1 Å². The number of hydrogen-bond donors (Lipinski definition) is 0. The van der Waals surface area contributed by atoms with Gasteiger partial charge in [0.25, 0.3) is 0 Å². The Morgan fingerprint density at radius 3 is 2.48 bits per heavy atom. The van der Waals surface area contributed by atoms with E-state index < -0.39 is 10.0 Å². The summed E-state index contributed by atoms with van der Waals surface area (Å²) >= 11 is 5.90. The van der Waals surface area contributed by atoms with E-state index in [1.807, 2.05) is 26.8 Å². The van der Waals surface area contributed by atoms with Gasteiger partial charge in [-0.3, -0.25) is 0 Å². The van der Waals surface area contributed by atoms with Gasteiger partial charge in [0.1, 0.15) is 0 Å². The molecule has 0 aliphatic heterocycles. The fourth-order valence-corrected chi connectivity index (χ4v) is 3.40. The molecule has 0 aromatic heterocycles. The molecular weight excluding hydrogens is 310 g/mol. The number of alkyl halides is 1. The van der Waals surface area contributed by atoms with Crippen molar-refractivity contribution in [2.75, 3.05) is 20.2 Å². The molecule has 0 N–H and O–H groups in total. The van der Waals surface area contributed by atoms with E-state index in [-0.39, 0.29) is 11.0 Å². The van der Waals surface area contributed by atoms with Crippen molar-refractivity contribution in [3.05, 3.63) is 29.3 Å². The van der Waals surface area contributed by atoms with Crippen LogP contribution in [0, 0.1) is 0 Å². The second-order valence-corrected chi connectivity index (χ2v) is 7.48. The number of benzene rings is 1. The van der Waals surface area contributed by atoms with Gasteiger partial charge in [-0.1, -0.05) is 13.0 Å². The van der Waals surface area contributed by atoms with Crippen molar-refractivity contribution in [1.82, 2.24) is 4.31 Å². The normalized spacial score (nSPS) is 12.3. The van der Waals surface area contributed by atoms with Crippen LogP contribution in [-0.2, 0) is 27.1 Å². The van der Waals surface area contributed by atoms with Gasteiger partial charge >= 0.3 is 0 Å². The summed E-state index contributed by atoms with van der Waals surface area (Å²) in [7, 11) is -1.94. The Morgan fingerprint density at radius 2 is 1.95 bits per heavy atom. The fraction of sp³-hybridized carbons (Fsp3) is 0.600. The lowest BCUT2D eigenvalue weighted by Gasteiger charge is -2.19. The molecule has 1 aromatic carbocycles. The van der Waals surface area contributed by atoms with Crippen LogP contribution in [0.5, 0.6) is 0 Å². The van der Waals surface area contributed by atoms with Crippen molar-refractivity contribution in [2.24, 2.45) is 0 Å². The van der Waals surface area contributed by atoms with Gasteiger partial charge in [-0.05, 0) is 43.5 Å². The average Bonchev–Trinajstić information content (AvgIpc) is 2.45. The van der Waals surface area contributed by atoms with Crippen LogP contribution in [0.3, 0.4) is 0 Å². The van der Waals surface area contributed by atoms with E-state index >= 15 is 0 Å². The Bertz CT molecular complexity index is 558. The van der Waals surface area contributed by atoms with Crippen LogP contribution in [0.4, 0.5) is 0 Å². The summed E-state index contributed by atoms with van der Waals surface area (Å²) in [5.74, 6) is 0.312. The number of likely N-dealkylation sites (N-methyl/N-ethyl adjacent to an activating group) is 1. The van der Waals surface area contributed by atoms with Gasteiger partial charge in [-0.15, -0.1) is 11.6 Å². The Balaban J connectivity index is 2.91. The molecule has 0 spiro atoms. The average molecular weight is 334 g/mol. The number of halogens is 1. The van der Waals surface area contributed by atoms with Crippen LogP contribution in [-0.4, -0.2) is 39.0 Å². The molecule has 0 heterocycles. The maximum atomic E-state index is 12.5. The van der Waals surface area contributed by atoms with Crippen LogP contribution in [0.2, 0.25) is 0 Å². The first-order valence-corrected chi connectivity index (χ1v) is 9.06. The number of sulfonamides is 1. The summed E-state index contributed by atoms with van der Waals surface area (Å²) in [5.41, 5.74) is 1.95. The summed E-state index contributed by atoms with van der Waals surface area (Å²) in [6.07, 6.45) is 0.924. The SMILES string of the molecule is CCc1ccc(S(=O)(=O)N(C)CCOC(C)C)cc1CCl. The van der Waals surface area contributed by atoms with Crippen molar-refractivity contribution in [1.29, 1.82) is 0 Å². The van der Waals surface area contributed by atoms with E-state index in [0.717, 1.165) is 17.5 Å². The molecule has 0 unspecified atom stereocenters. The molecule has 0 atom stereocenters. The summed E-state index contributed by atoms with van der Waals surface area (Å²) in [6, 6.07) is 5.15. The van der Waals surface area contributed by atoms with Gasteiger partial charge < -0.3 is 4.74 Å². The third kappa shape index (κ3) is 4.95. The third-order valence-corrected chi connectivity index (χ3v) is 5.41. The summed E-state index contributed by atoms with van der Waals surface area (Å²) in [5, 5.41) is 0. The first-order chi connectivity index (χ1) is 9.82. The molecular formula is C15H24ClNO3S. The summed E-state index contributed by atoms with van der Waals surface area (Å²) in [6.45, 7) is 6.57. The maximum absolute atomic E-state index is 12.5. The molecule has 1 aromatic rings. The number of ether oxygens (including phenoxy) is 1. The molecule has 1 rings (SSSR count). The van der Waals surface area contributed by atoms with Crippen molar-refractivity contribution < 1.29 is 13.2 Å². The zero-order valence-corrected chi connectivity index (χ0v) is 14.7. The lowest BCUT2D eigenvalue weighted by molar-refractivity contribution is 0.0737. The van der Waals surface area contributed by atoms with E-state index in [1.165, 1.54) is 4.31 Å². The number of hydrogen-bond acceptors (Lipinski definition) is 3. The highest BCUT2D eigenvalue weighted by Gasteiger charge is 2.21. The molecule has 120 valence electrons. The van der Waals surface area contributed by atoms with Gasteiger partial charge in [-0.25, -0.2) is 8.42 Å². The lowest BCUT2D eigenvalue weighted by Crippen LogP contribution is -2.31. The minimum atomic E-state index is -3.50. The van der Waals surface area contributed by atoms with Gasteiger partial charge in [0.2, 0.25) is 10.0 Å².